The summed E-state index contributed by atoms with van der Waals surface area (Å²) in [5, 5.41) is 2.31. The first-order chi connectivity index (χ1) is 9.65. The zero-order valence-electron chi connectivity index (χ0n) is 11.7. The third-order valence-electron chi connectivity index (χ3n) is 3.42. The zero-order chi connectivity index (χ0) is 14.1. The smallest absolute Gasteiger partial charge is 0.0724 e. The van der Waals surface area contributed by atoms with Crippen molar-refractivity contribution in [1.29, 1.82) is 0 Å². The molecule has 3 rings (SSSR count). The molecule has 0 aliphatic heterocycles. The number of rotatable bonds is 2. The number of nitrogens with two attached hydrogens (primary N) is 1. The van der Waals surface area contributed by atoms with E-state index in [0.717, 1.165) is 28.0 Å². The second-order valence-corrected chi connectivity index (χ2v) is 5.27. The van der Waals surface area contributed by atoms with Crippen LogP contribution < -0.4 is 5.73 Å². The molecule has 20 heavy (non-hydrogen) atoms. The summed E-state index contributed by atoms with van der Waals surface area (Å²) in [6.07, 6.45) is 3.74. The number of aromatic nitrogens is 2. The van der Waals surface area contributed by atoms with Crippen LogP contribution in [0.4, 0.5) is 5.69 Å². The van der Waals surface area contributed by atoms with E-state index in [1.54, 1.807) is 0 Å². The molecule has 3 heteroatoms. The highest BCUT2D eigenvalue weighted by atomic mass is 14.8. The summed E-state index contributed by atoms with van der Waals surface area (Å²) in [7, 11) is 0. The van der Waals surface area contributed by atoms with Gasteiger partial charge in [0.25, 0.3) is 0 Å². The third kappa shape index (κ3) is 2.23. The predicted molar refractivity (Wildman–Crippen MR) is 83.5 cm³/mol. The van der Waals surface area contributed by atoms with Gasteiger partial charge in [-0.15, -0.1) is 0 Å². The van der Waals surface area contributed by atoms with Crippen molar-refractivity contribution in [3.8, 4) is 11.3 Å². The molecule has 0 saturated heterocycles. The maximum Gasteiger partial charge on any atom is 0.0724 e. The first-order valence-electron chi connectivity index (χ1n) is 6.76. The van der Waals surface area contributed by atoms with Crippen molar-refractivity contribution in [2.75, 3.05) is 5.73 Å². The van der Waals surface area contributed by atoms with Crippen molar-refractivity contribution in [3.05, 3.63) is 54.5 Å². The van der Waals surface area contributed by atoms with E-state index in [1.807, 2.05) is 30.6 Å². The number of anilines is 1. The molecule has 3 aromatic rings. The largest absolute Gasteiger partial charge is 0.397 e. The summed E-state index contributed by atoms with van der Waals surface area (Å²) in [5.41, 5.74) is 9.61. The molecule has 0 radical (unpaired) electrons. The predicted octanol–water partition coefficient (Wildman–Crippen LogP) is 4.00. The van der Waals surface area contributed by atoms with Crippen molar-refractivity contribution < 1.29 is 0 Å². The highest BCUT2D eigenvalue weighted by Gasteiger charge is 2.08. The summed E-state index contributed by atoms with van der Waals surface area (Å²) in [5.74, 6) is 0.327. The van der Waals surface area contributed by atoms with Gasteiger partial charge < -0.3 is 5.73 Å². The lowest BCUT2D eigenvalue weighted by Gasteiger charge is -2.10. The number of hydrogen-bond donors (Lipinski definition) is 1. The lowest BCUT2D eigenvalue weighted by molar-refractivity contribution is 0.827. The van der Waals surface area contributed by atoms with E-state index < -0.39 is 0 Å². The number of nitrogen functional groups attached to an aromatic ring is 1. The Bertz CT molecular complexity index is 763. The highest BCUT2D eigenvalue weighted by molar-refractivity contribution is 5.85. The van der Waals surface area contributed by atoms with Gasteiger partial charge in [-0.25, -0.2) is 0 Å². The van der Waals surface area contributed by atoms with Gasteiger partial charge in [0, 0.05) is 23.3 Å². The van der Waals surface area contributed by atoms with Crippen molar-refractivity contribution in [2.45, 2.75) is 19.8 Å². The Morgan fingerprint density at radius 2 is 1.70 bits per heavy atom. The maximum atomic E-state index is 6.08. The molecule has 0 spiro atoms. The van der Waals surface area contributed by atoms with Crippen LogP contribution in [0.1, 0.15) is 25.5 Å². The van der Waals surface area contributed by atoms with E-state index in [9.17, 15) is 0 Å². The molecule has 0 atom stereocenters. The van der Waals surface area contributed by atoms with Crippen LogP contribution in [0.5, 0.6) is 0 Å². The molecule has 0 fully saturated rings. The Labute approximate surface area is 118 Å². The number of nitrogens with zero attached hydrogens (tertiary/aromatic N) is 2. The third-order valence-corrected chi connectivity index (χ3v) is 3.42. The maximum absolute atomic E-state index is 6.08. The Balaban J connectivity index is 2.08. The second-order valence-electron chi connectivity index (χ2n) is 5.27. The first kappa shape index (κ1) is 12.6. The van der Waals surface area contributed by atoms with Gasteiger partial charge in [-0.05, 0) is 23.4 Å². The number of pyridine rings is 2. The Kier molecular flexibility index (Phi) is 3.11. The lowest BCUT2D eigenvalue weighted by Crippen LogP contribution is -2.00. The van der Waals surface area contributed by atoms with Crippen LogP contribution in [0, 0.1) is 0 Å². The van der Waals surface area contributed by atoms with Gasteiger partial charge in [-0.2, -0.15) is 0 Å². The van der Waals surface area contributed by atoms with Crippen molar-refractivity contribution in [2.24, 2.45) is 0 Å². The topological polar surface area (TPSA) is 51.8 Å². The molecule has 2 aromatic heterocycles. The molecule has 0 bridgehead atoms. The SMILES string of the molecule is CC(C)c1ncc(-c2cc3ccccc3cn2)cc1N. The lowest BCUT2D eigenvalue weighted by atomic mass is 10.0. The van der Waals surface area contributed by atoms with Crippen molar-refractivity contribution >= 4 is 16.5 Å². The normalized spacial score (nSPS) is 11.2. The minimum Gasteiger partial charge on any atom is -0.397 e. The summed E-state index contributed by atoms with van der Waals surface area (Å²) in [6.45, 7) is 4.18. The van der Waals surface area contributed by atoms with Gasteiger partial charge in [-0.1, -0.05) is 38.1 Å². The monoisotopic (exact) mass is 263 g/mol. The van der Waals surface area contributed by atoms with Crippen molar-refractivity contribution in [3.63, 3.8) is 0 Å². The molecular formula is C17H17N3. The molecule has 1 aromatic carbocycles. The fraction of sp³-hybridized carbons (Fsp3) is 0.176. The van der Waals surface area contributed by atoms with Gasteiger partial charge in [-0.3, -0.25) is 9.97 Å². The highest BCUT2D eigenvalue weighted by Crippen LogP contribution is 2.26. The van der Waals surface area contributed by atoms with Crippen LogP contribution in [-0.2, 0) is 0 Å². The van der Waals surface area contributed by atoms with Crippen LogP contribution in [0.15, 0.2) is 48.8 Å². The van der Waals surface area contributed by atoms with E-state index in [4.69, 9.17) is 5.73 Å². The number of hydrogen-bond acceptors (Lipinski definition) is 3. The molecule has 0 aliphatic carbocycles. The van der Waals surface area contributed by atoms with E-state index in [1.165, 1.54) is 5.39 Å². The van der Waals surface area contributed by atoms with Crippen molar-refractivity contribution in [1.82, 2.24) is 9.97 Å². The zero-order valence-corrected chi connectivity index (χ0v) is 11.7. The van der Waals surface area contributed by atoms with Gasteiger partial charge in [0.1, 0.15) is 0 Å². The molecule has 100 valence electrons. The van der Waals surface area contributed by atoms with Crippen LogP contribution in [0.3, 0.4) is 0 Å². The Morgan fingerprint density at radius 3 is 2.40 bits per heavy atom. The fourth-order valence-electron chi connectivity index (χ4n) is 2.36. The van der Waals surface area contributed by atoms with Gasteiger partial charge in [0.2, 0.25) is 0 Å². The molecule has 2 N–H and O–H groups in total. The summed E-state index contributed by atoms with van der Waals surface area (Å²) in [4.78, 5) is 8.97. The quantitative estimate of drug-likeness (QED) is 0.760. The molecule has 0 amide bonds. The average molecular weight is 263 g/mol. The Morgan fingerprint density at radius 1 is 0.950 bits per heavy atom. The fourth-order valence-corrected chi connectivity index (χ4v) is 2.36. The molecule has 0 unspecified atom stereocenters. The van der Waals surface area contributed by atoms with E-state index in [-0.39, 0.29) is 0 Å². The Hall–Kier alpha value is -2.42. The minimum absolute atomic E-state index is 0.327. The van der Waals surface area contributed by atoms with Crippen LogP contribution in [0.25, 0.3) is 22.0 Å². The molecule has 0 aliphatic rings. The van der Waals surface area contributed by atoms with Gasteiger partial charge in [0.15, 0.2) is 0 Å². The minimum atomic E-state index is 0.327. The van der Waals surface area contributed by atoms with E-state index in [2.05, 4.69) is 42.0 Å². The molecular weight excluding hydrogens is 246 g/mol. The standard InChI is InChI=1S/C17H17N3/c1-11(2)17-15(18)7-14(10-20-17)16-8-12-5-3-4-6-13(12)9-19-16/h3-11H,18H2,1-2H3. The number of fused-ring (bicyclic) bond motifs is 1. The average Bonchev–Trinajstić information content (AvgIpc) is 2.46. The van der Waals surface area contributed by atoms with E-state index in [0.29, 0.717) is 5.92 Å². The van der Waals surface area contributed by atoms with Crippen LogP contribution in [-0.4, -0.2) is 9.97 Å². The first-order valence-corrected chi connectivity index (χ1v) is 6.76. The molecule has 0 saturated carbocycles. The number of benzene rings is 1. The van der Waals surface area contributed by atoms with Gasteiger partial charge >= 0.3 is 0 Å². The molecule has 3 nitrogen and oxygen atoms in total. The summed E-state index contributed by atoms with van der Waals surface area (Å²) < 4.78 is 0. The molecule has 2 heterocycles. The van der Waals surface area contributed by atoms with E-state index >= 15 is 0 Å². The second kappa shape index (κ2) is 4.93. The van der Waals surface area contributed by atoms with Gasteiger partial charge in [0.05, 0.1) is 17.1 Å². The summed E-state index contributed by atoms with van der Waals surface area (Å²) >= 11 is 0. The van der Waals surface area contributed by atoms with Crippen LogP contribution in [0.2, 0.25) is 0 Å². The van der Waals surface area contributed by atoms with Crippen LogP contribution >= 0.6 is 0 Å². The summed E-state index contributed by atoms with van der Waals surface area (Å²) in [6, 6.07) is 12.2.